The molecular formula is C20H20N4O2. The summed E-state index contributed by atoms with van der Waals surface area (Å²) in [5, 5.41) is 10.9. The number of anilines is 2. The first-order chi connectivity index (χ1) is 12.7. The van der Waals surface area contributed by atoms with Crippen LogP contribution in [0.2, 0.25) is 0 Å². The molecular weight excluding hydrogens is 328 g/mol. The van der Waals surface area contributed by atoms with Gasteiger partial charge in [-0.2, -0.15) is 0 Å². The van der Waals surface area contributed by atoms with E-state index in [9.17, 15) is 4.79 Å². The minimum Gasteiger partial charge on any atom is -0.484 e. The first-order valence-corrected chi connectivity index (χ1v) is 8.27. The summed E-state index contributed by atoms with van der Waals surface area (Å²) in [6.45, 7) is 0.646. The Morgan fingerprint density at radius 3 is 2.31 bits per heavy atom. The quantitative estimate of drug-likeness (QED) is 0.710. The van der Waals surface area contributed by atoms with Gasteiger partial charge in [-0.3, -0.25) is 4.79 Å². The number of amides is 1. The predicted molar refractivity (Wildman–Crippen MR) is 101 cm³/mol. The molecule has 0 aliphatic carbocycles. The van der Waals surface area contributed by atoms with Crippen LogP contribution in [-0.2, 0) is 11.3 Å². The number of carbonyl (C=O) groups is 1. The van der Waals surface area contributed by atoms with Gasteiger partial charge in [-0.05, 0) is 29.8 Å². The molecule has 0 fully saturated rings. The van der Waals surface area contributed by atoms with E-state index in [1.165, 1.54) is 5.56 Å². The minimum absolute atomic E-state index is 0.0820. The summed E-state index contributed by atoms with van der Waals surface area (Å²) in [6.07, 6.45) is 0. The van der Waals surface area contributed by atoms with Gasteiger partial charge in [0.15, 0.2) is 18.2 Å². The van der Waals surface area contributed by atoms with E-state index in [2.05, 4.69) is 27.6 Å². The second-order valence-corrected chi connectivity index (χ2v) is 5.77. The highest BCUT2D eigenvalue weighted by Crippen LogP contribution is 2.13. The molecule has 0 aliphatic heterocycles. The van der Waals surface area contributed by atoms with E-state index in [1.54, 1.807) is 18.2 Å². The predicted octanol–water partition coefficient (Wildman–Crippen LogP) is 3.13. The summed E-state index contributed by atoms with van der Waals surface area (Å²) in [7, 11) is 1.95. The summed E-state index contributed by atoms with van der Waals surface area (Å²) in [5.41, 5.74) is 1.19. The summed E-state index contributed by atoms with van der Waals surface area (Å²) < 4.78 is 5.40. The largest absolute Gasteiger partial charge is 0.484 e. The number of carbonyl (C=O) groups excluding carboxylic acids is 1. The van der Waals surface area contributed by atoms with Crippen LogP contribution >= 0.6 is 0 Å². The molecule has 0 atom stereocenters. The first kappa shape index (κ1) is 17.4. The van der Waals surface area contributed by atoms with Gasteiger partial charge < -0.3 is 15.0 Å². The molecule has 1 heterocycles. The lowest BCUT2D eigenvalue weighted by Gasteiger charge is -2.17. The number of nitrogens with one attached hydrogen (secondary N) is 1. The first-order valence-electron chi connectivity index (χ1n) is 8.27. The van der Waals surface area contributed by atoms with Crippen LogP contribution in [0.15, 0.2) is 72.8 Å². The van der Waals surface area contributed by atoms with Gasteiger partial charge in [-0.25, -0.2) is 0 Å². The van der Waals surface area contributed by atoms with E-state index < -0.39 is 0 Å². The summed E-state index contributed by atoms with van der Waals surface area (Å²) in [4.78, 5) is 13.9. The third-order valence-corrected chi connectivity index (χ3v) is 3.68. The molecule has 3 rings (SSSR count). The Labute approximate surface area is 152 Å². The smallest absolute Gasteiger partial charge is 0.263 e. The van der Waals surface area contributed by atoms with E-state index in [0.29, 0.717) is 11.6 Å². The molecule has 132 valence electrons. The fourth-order valence-corrected chi connectivity index (χ4v) is 2.38. The molecule has 0 spiro atoms. The monoisotopic (exact) mass is 348 g/mol. The average Bonchev–Trinajstić information content (AvgIpc) is 2.68. The molecule has 1 amide bonds. The molecule has 6 nitrogen and oxygen atoms in total. The Balaban J connectivity index is 1.51. The summed E-state index contributed by atoms with van der Waals surface area (Å²) >= 11 is 0. The van der Waals surface area contributed by atoms with Gasteiger partial charge in [0, 0.05) is 13.6 Å². The molecule has 1 N–H and O–H groups in total. The van der Waals surface area contributed by atoms with Gasteiger partial charge in [0.05, 0.1) is 0 Å². The Morgan fingerprint density at radius 2 is 1.65 bits per heavy atom. The minimum atomic E-state index is -0.284. The molecule has 0 saturated heterocycles. The topological polar surface area (TPSA) is 67.4 Å². The number of para-hydroxylation sites is 1. The SMILES string of the molecule is CN(Cc1ccccc1)c1ccc(NC(=O)COc2ccccc2)nn1. The number of rotatable bonds is 7. The number of hydrogen-bond donors (Lipinski definition) is 1. The van der Waals surface area contributed by atoms with Crippen molar-refractivity contribution in [1.29, 1.82) is 0 Å². The van der Waals surface area contributed by atoms with Crippen molar-refractivity contribution < 1.29 is 9.53 Å². The Morgan fingerprint density at radius 1 is 0.962 bits per heavy atom. The molecule has 0 saturated carbocycles. The van der Waals surface area contributed by atoms with Crippen molar-refractivity contribution in [2.75, 3.05) is 23.9 Å². The van der Waals surface area contributed by atoms with Gasteiger partial charge in [-0.15, -0.1) is 10.2 Å². The molecule has 0 radical (unpaired) electrons. The van der Waals surface area contributed by atoms with Crippen molar-refractivity contribution in [3.05, 3.63) is 78.4 Å². The van der Waals surface area contributed by atoms with Crippen LogP contribution in [0.1, 0.15) is 5.56 Å². The highest BCUT2D eigenvalue weighted by molar-refractivity contribution is 5.90. The molecule has 3 aromatic rings. The van der Waals surface area contributed by atoms with Gasteiger partial charge >= 0.3 is 0 Å². The van der Waals surface area contributed by atoms with Crippen LogP contribution < -0.4 is 15.0 Å². The van der Waals surface area contributed by atoms with E-state index in [0.717, 1.165) is 12.4 Å². The maximum Gasteiger partial charge on any atom is 0.263 e. The Kier molecular flexibility index (Phi) is 5.77. The Hall–Kier alpha value is -3.41. The zero-order chi connectivity index (χ0) is 18.2. The lowest BCUT2D eigenvalue weighted by atomic mass is 10.2. The summed E-state index contributed by atoms with van der Waals surface area (Å²) in [6, 6.07) is 22.9. The van der Waals surface area contributed by atoms with Crippen molar-refractivity contribution >= 4 is 17.5 Å². The van der Waals surface area contributed by atoms with Gasteiger partial charge in [0.2, 0.25) is 0 Å². The number of nitrogens with zero attached hydrogens (tertiary/aromatic N) is 3. The van der Waals surface area contributed by atoms with Crippen molar-refractivity contribution in [1.82, 2.24) is 10.2 Å². The maximum absolute atomic E-state index is 11.9. The third-order valence-electron chi connectivity index (χ3n) is 3.68. The number of aromatic nitrogens is 2. The van der Waals surface area contributed by atoms with Crippen molar-refractivity contribution in [3.63, 3.8) is 0 Å². The number of ether oxygens (including phenoxy) is 1. The van der Waals surface area contributed by atoms with E-state index in [-0.39, 0.29) is 12.5 Å². The fourth-order valence-electron chi connectivity index (χ4n) is 2.38. The summed E-state index contributed by atoms with van der Waals surface area (Å²) in [5.74, 6) is 1.48. The fraction of sp³-hybridized carbons (Fsp3) is 0.150. The lowest BCUT2D eigenvalue weighted by Crippen LogP contribution is -2.22. The third kappa shape index (κ3) is 5.04. The van der Waals surface area contributed by atoms with Gasteiger partial charge in [-0.1, -0.05) is 48.5 Å². The van der Waals surface area contributed by atoms with E-state index in [4.69, 9.17) is 4.74 Å². The van der Waals surface area contributed by atoms with Crippen molar-refractivity contribution in [2.24, 2.45) is 0 Å². The van der Waals surface area contributed by atoms with Crippen LogP contribution in [0, 0.1) is 0 Å². The van der Waals surface area contributed by atoms with Gasteiger partial charge in [0.1, 0.15) is 5.75 Å². The second-order valence-electron chi connectivity index (χ2n) is 5.77. The Bertz CT molecular complexity index is 823. The molecule has 0 bridgehead atoms. The number of benzene rings is 2. The van der Waals surface area contributed by atoms with Crippen LogP contribution in [0.5, 0.6) is 5.75 Å². The van der Waals surface area contributed by atoms with E-state index >= 15 is 0 Å². The van der Waals surface area contributed by atoms with Crippen molar-refractivity contribution in [2.45, 2.75) is 6.54 Å². The maximum atomic E-state index is 11.9. The van der Waals surface area contributed by atoms with Crippen LogP contribution in [0.25, 0.3) is 0 Å². The van der Waals surface area contributed by atoms with Crippen molar-refractivity contribution in [3.8, 4) is 5.75 Å². The van der Waals surface area contributed by atoms with Crippen LogP contribution in [-0.4, -0.2) is 29.8 Å². The molecule has 0 unspecified atom stereocenters. The zero-order valence-corrected chi connectivity index (χ0v) is 14.5. The highest BCUT2D eigenvalue weighted by Gasteiger charge is 2.08. The van der Waals surface area contributed by atoms with Crippen LogP contribution in [0.3, 0.4) is 0 Å². The second kappa shape index (κ2) is 8.62. The van der Waals surface area contributed by atoms with Crippen LogP contribution in [0.4, 0.5) is 11.6 Å². The lowest BCUT2D eigenvalue weighted by molar-refractivity contribution is -0.118. The number of hydrogen-bond acceptors (Lipinski definition) is 5. The highest BCUT2D eigenvalue weighted by atomic mass is 16.5. The molecule has 6 heteroatoms. The molecule has 2 aromatic carbocycles. The normalized spacial score (nSPS) is 10.2. The van der Waals surface area contributed by atoms with E-state index in [1.807, 2.05) is 54.4 Å². The molecule has 1 aromatic heterocycles. The molecule has 0 aliphatic rings. The standard InChI is InChI=1S/C20H20N4O2/c1-24(14-16-8-4-2-5-9-16)19-13-12-18(22-23-19)21-20(25)15-26-17-10-6-3-7-11-17/h2-13H,14-15H2,1H3,(H,21,22,25). The zero-order valence-electron chi connectivity index (χ0n) is 14.5. The average molecular weight is 348 g/mol. The molecule has 26 heavy (non-hydrogen) atoms. The van der Waals surface area contributed by atoms with Gasteiger partial charge in [0.25, 0.3) is 5.91 Å².